The van der Waals surface area contributed by atoms with E-state index in [1.54, 1.807) is 12.1 Å². The van der Waals surface area contributed by atoms with Crippen molar-refractivity contribution in [3.05, 3.63) is 31.9 Å². The molecule has 0 radical (unpaired) electrons. The molecule has 0 atom stereocenters. The summed E-state index contributed by atoms with van der Waals surface area (Å²) < 4.78 is 7.25. The first-order valence-corrected chi connectivity index (χ1v) is 9.93. The second-order valence-electron chi connectivity index (χ2n) is 6.95. The molecule has 0 amide bonds. The molecule has 0 aliphatic heterocycles. The van der Waals surface area contributed by atoms with Crippen molar-refractivity contribution < 1.29 is 19.2 Å². The van der Waals surface area contributed by atoms with E-state index in [2.05, 4.69) is 14.1 Å². The normalized spacial score (nSPS) is 11.1. The highest BCUT2D eigenvalue weighted by Gasteiger charge is 2.14. The zero-order valence-corrected chi connectivity index (χ0v) is 19.5. The highest BCUT2D eigenvalue weighted by atomic mass is 127. The van der Waals surface area contributed by atoms with Crippen molar-refractivity contribution in [1.29, 1.82) is 0 Å². The lowest BCUT2D eigenvalue weighted by atomic mass is 10.1. The summed E-state index contributed by atoms with van der Waals surface area (Å²) >= 11 is 1.96. The lowest BCUT2D eigenvalue weighted by Crippen LogP contribution is -2.41. The van der Waals surface area contributed by atoms with Crippen molar-refractivity contribution in [2.45, 2.75) is 38.5 Å². The number of rotatable bonds is 13. The molecule has 0 heterocycles. The summed E-state index contributed by atoms with van der Waals surface area (Å²) in [4.78, 5) is 10.5. The van der Waals surface area contributed by atoms with Crippen molar-refractivity contribution in [3.8, 4) is 5.75 Å². The van der Waals surface area contributed by atoms with Crippen LogP contribution in [-0.4, -0.2) is 54.9 Å². The van der Waals surface area contributed by atoms with Crippen LogP contribution in [0.15, 0.2) is 18.2 Å². The molecule has 1 aromatic carbocycles. The van der Waals surface area contributed by atoms with E-state index < -0.39 is 0 Å². The van der Waals surface area contributed by atoms with Gasteiger partial charge in [-0.15, -0.1) is 17.0 Å². The van der Waals surface area contributed by atoms with Crippen molar-refractivity contribution >= 4 is 45.3 Å². The summed E-state index contributed by atoms with van der Waals surface area (Å²) in [6.45, 7) is 3.13. The molecule has 8 heteroatoms. The standard InChI is InChI=1S/C18H30IN2O4.BrH/c1-21(2,12-6-7-13-22)11-5-3-4-8-14-25-16-9-10-17(19)18(15-16)20(23)24;/h9-10,15,22H,3-8,11-14H2,1-2H3;1H/q+1;. The number of benzene rings is 1. The van der Waals surface area contributed by atoms with Crippen LogP contribution in [0.5, 0.6) is 5.75 Å². The van der Waals surface area contributed by atoms with E-state index in [4.69, 9.17) is 9.84 Å². The van der Waals surface area contributed by atoms with Gasteiger partial charge in [0.25, 0.3) is 5.69 Å². The summed E-state index contributed by atoms with van der Waals surface area (Å²) in [6, 6.07) is 4.99. The van der Waals surface area contributed by atoms with Crippen LogP contribution in [0.2, 0.25) is 0 Å². The Bertz CT molecular complexity index is 544. The number of hydrogen-bond acceptors (Lipinski definition) is 4. The number of hydrogen-bond donors (Lipinski definition) is 1. The average molecular weight is 546 g/mol. The molecule has 0 aliphatic rings. The van der Waals surface area contributed by atoms with Crippen LogP contribution in [0.25, 0.3) is 0 Å². The second-order valence-corrected chi connectivity index (χ2v) is 8.11. The molecule has 1 aromatic rings. The molecule has 0 aliphatic carbocycles. The summed E-state index contributed by atoms with van der Waals surface area (Å²) in [5.41, 5.74) is 0.0966. The van der Waals surface area contributed by atoms with E-state index in [-0.39, 0.29) is 34.2 Å². The average Bonchev–Trinajstić information content (AvgIpc) is 2.55. The number of aliphatic hydroxyl groups excluding tert-OH is 1. The van der Waals surface area contributed by atoms with Crippen LogP contribution in [-0.2, 0) is 0 Å². The number of aliphatic hydroxyl groups is 1. The van der Waals surface area contributed by atoms with Crippen LogP contribution < -0.4 is 4.74 Å². The number of halogens is 2. The minimum atomic E-state index is -0.380. The van der Waals surface area contributed by atoms with Crippen molar-refractivity contribution in [3.63, 3.8) is 0 Å². The maximum Gasteiger partial charge on any atom is 0.286 e. The fourth-order valence-corrected chi connectivity index (χ4v) is 3.20. The molecular weight excluding hydrogens is 515 g/mol. The van der Waals surface area contributed by atoms with Gasteiger partial charge in [-0.05, 0) is 73.2 Å². The van der Waals surface area contributed by atoms with Gasteiger partial charge in [-0.3, -0.25) is 10.1 Å². The summed E-state index contributed by atoms with van der Waals surface area (Å²) in [5, 5.41) is 19.8. The van der Waals surface area contributed by atoms with E-state index in [1.807, 2.05) is 22.6 Å². The fraction of sp³-hybridized carbons (Fsp3) is 0.667. The molecule has 150 valence electrons. The van der Waals surface area contributed by atoms with E-state index in [9.17, 15) is 10.1 Å². The third-order valence-corrected chi connectivity index (χ3v) is 5.12. The van der Waals surface area contributed by atoms with Crippen LogP contribution >= 0.6 is 39.6 Å². The molecule has 0 unspecified atom stereocenters. The minimum absolute atomic E-state index is 0. The Balaban J connectivity index is 0.00000625. The van der Waals surface area contributed by atoms with Crippen molar-refractivity contribution in [2.75, 3.05) is 40.4 Å². The van der Waals surface area contributed by atoms with Crippen molar-refractivity contribution in [1.82, 2.24) is 0 Å². The quantitative estimate of drug-likeness (QED) is 0.130. The second kappa shape index (κ2) is 13.7. The summed E-state index contributed by atoms with van der Waals surface area (Å²) in [6.07, 6.45) is 6.36. The van der Waals surface area contributed by atoms with E-state index in [0.717, 1.165) is 49.7 Å². The SMILES string of the molecule is Br.C[N+](C)(CCCCO)CCCCCCOc1ccc(I)c([N+](=O)[O-])c1. The monoisotopic (exact) mass is 545 g/mol. The third-order valence-electron chi connectivity index (χ3n) is 4.21. The molecule has 1 rings (SSSR count). The third kappa shape index (κ3) is 10.6. The summed E-state index contributed by atoms with van der Waals surface area (Å²) in [5.74, 6) is 0.564. The Labute approximate surface area is 180 Å². The first kappa shape index (κ1) is 25.6. The largest absolute Gasteiger partial charge is 0.493 e. The van der Waals surface area contributed by atoms with Gasteiger partial charge in [0.05, 0.1) is 48.4 Å². The number of nitrogens with zero attached hydrogens (tertiary/aromatic N) is 2. The molecule has 1 N–H and O–H groups in total. The molecule has 6 nitrogen and oxygen atoms in total. The lowest BCUT2D eigenvalue weighted by molar-refractivity contribution is -0.890. The number of quaternary nitrogens is 1. The first-order chi connectivity index (χ1) is 11.9. The van der Waals surface area contributed by atoms with Gasteiger partial charge in [0.1, 0.15) is 5.75 Å². The topological polar surface area (TPSA) is 72.6 Å². The van der Waals surface area contributed by atoms with Crippen LogP contribution in [0.3, 0.4) is 0 Å². The Kier molecular flexibility index (Phi) is 13.4. The molecule has 0 saturated carbocycles. The lowest BCUT2D eigenvalue weighted by Gasteiger charge is -2.29. The zero-order chi connectivity index (χ0) is 18.7. The summed E-state index contributed by atoms with van der Waals surface area (Å²) in [7, 11) is 4.48. The van der Waals surface area contributed by atoms with E-state index in [0.29, 0.717) is 15.9 Å². The fourth-order valence-electron chi connectivity index (χ4n) is 2.67. The van der Waals surface area contributed by atoms with Gasteiger partial charge in [0.15, 0.2) is 0 Å². The van der Waals surface area contributed by atoms with E-state index in [1.165, 1.54) is 12.5 Å². The molecule has 26 heavy (non-hydrogen) atoms. The van der Waals surface area contributed by atoms with Crippen LogP contribution in [0.1, 0.15) is 38.5 Å². The zero-order valence-electron chi connectivity index (χ0n) is 15.7. The Morgan fingerprint density at radius 1 is 1.12 bits per heavy atom. The number of nitro benzene ring substituents is 1. The van der Waals surface area contributed by atoms with Crippen LogP contribution in [0, 0.1) is 13.7 Å². The molecule has 0 bridgehead atoms. The molecule has 0 fully saturated rings. The highest BCUT2D eigenvalue weighted by Crippen LogP contribution is 2.26. The molecular formula is C18H31BrIN2O4+. The van der Waals surface area contributed by atoms with Gasteiger partial charge in [-0.1, -0.05) is 0 Å². The maximum atomic E-state index is 10.9. The molecule has 0 aromatic heterocycles. The van der Waals surface area contributed by atoms with Gasteiger partial charge in [0.2, 0.25) is 0 Å². The Morgan fingerprint density at radius 3 is 2.35 bits per heavy atom. The minimum Gasteiger partial charge on any atom is -0.493 e. The Hall–Kier alpha value is -0.450. The number of unbranched alkanes of at least 4 members (excludes halogenated alkanes) is 4. The number of nitro groups is 1. The predicted molar refractivity (Wildman–Crippen MR) is 118 cm³/mol. The smallest absolute Gasteiger partial charge is 0.286 e. The van der Waals surface area contributed by atoms with E-state index >= 15 is 0 Å². The predicted octanol–water partition coefficient (Wildman–Crippen LogP) is 4.57. The molecule has 0 saturated heterocycles. The van der Waals surface area contributed by atoms with Crippen molar-refractivity contribution in [2.24, 2.45) is 0 Å². The first-order valence-electron chi connectivity index (χ1n) is 8.85. The Morgan fingerprint density at radius 2 is 1.73 bits per heavy atom. The highest BCUT2D eigenvalue weighted by molar-refractivity contribution is 14.1. The van der Waals surface area contributed by atoms with Gasteiger partial charge in [-0.2, -0.15) is 0 Å². The van der Waals surface area contributed by atoms with Gasteiger partial charge < -0.3 is 14.3 Å². The molecule has 0 spiro atoms. The van der Waals surface area contributed by atoms with Crippen LogP contribution in [0.4, 0.5) is 5.69 Å². The van der Waals surface area contributed by atoms with Gasteiger partial charge in [0, 0.05) is 6.61 Å². The maximum absolute atomic E-state index is 10.9. The van der Waals surface area contributed by atoms with Gasteiger partial charge >= 0.3 is 0 Å². The number of ether oxygens (including phenoxy) is 1. The van der Waals surface area contributed by atoms with Gasteiger partial charge in [-0.25, -0.2) is 0 Å².